The van der Waals surface area contributed by atoms with Crippen molar-refractivity contribution in [3.63, 3.8) is 0 Å². The molecular formula is C29H32CrN3-. The van der Waals surface area contributed by atoms with Gasteiger partial charge in [-0.05, 0) is 26.2 Å². The van der Waals surface area contributed by atoms with E-state index < -0.39 is 0 Å². The van der Waals surface area contributed by atoms with Gasteiger partial charge < -0.3 is 15.2 Å². The van der Waals surface area contributed by atoms with E-state index in [2.05, 4.69) is 60.2 Å². The van der Waals surface area contributed by atoms with Gasteiger partial charge in [0.1, 0.15) is 0 Å². The molecule has 3 aromatic carbocycles. The molecule has 0 fully saturated rings. The monoisotopic (exact) mass is 474 g/mol. The van der Waals surface area contributed by atoms with Crippen molar-refractivity contribution in [1.82, 2.24) is 4.98 Å². The SMILES string of the molecule is [CH2-]c1ccccc1C.[CH2-]c1ccccc1N(C)C.[Cr+2].c1ccc(C[N-]c2ccccn2)cc1. The number of aromatic nitrogens is 1. The molecule has 4 heteroatoms. The summed E-state index contributed by atoms with van der Waals surface area (Å²) in [6.45, 7) is 10.5. The third-order valence-electron chi connectivity index (χ3n) is 4.65. The number of aryl methyl sites for hydroxylation is 1. The number of hydrogen-bond acceptors (Lipinski definition) is 2. The molecule has 3 nitrogen and oxygen atoms in total. The van der Waals surface area contributed by atoms with E-state index in [0.717, 1.165) is 16.9 Å². The minimum Gasteiger partial charge on any atom is -0.461 e. The number of pyridine rings is 1. The molecule has 1 aromatic heterocycles. The van der Waals surface area contributed by atoms with Crippen LogP contribution in [0.1, 0.15) is 22.3 Å². The van der Waals surface area contributed by atoms with Crippen LogP contribution in [-0.2, 0) is 23.9 Å². The summed E-state index contributed by atoms with van der Waals surface area (Å²) >= 11 is 0. The predicted molar refractivity (Wildman–Crippen MR) is 138 cm³/mol. The van der Waals surface area contributed by atoms with Crippen LogP contribution < -0.4 is 4.90 Å². The fraction of sp³-hybridized carbons (Fsp3) is 0.138. The first kappa shape index (κ1) is 27.7. The van der Waals surface area contributed by atoms with E-state index in [1.54, 1.807) is 6.20 Å². The van der Waals surface area contributed by atoms with Crippen molar-refractivity contribution in [3.05, 3.63) is 145 Å². The summed E-state index contributed by atoms with van der Waals surface area (Å²) in [6.07, 6.45) is 1.75. The molecule has 0 amide bonds. The van der Waals surface area contributed by atoms with Crippen molar-refractivity contribution in [3.8, 4) is 0 Å². The Hall–Kier alpha value is -3.32. The van der Waals surface area contributed by atoms with Gasteiger partial charge in [-0.15, -0.1) is 18.2 Å². The van der Waals surface area contributed by atoms with Crippen molar-refractivity contribution < 1.29 is 17.4 Å². The van der Waals surface area contributed by atoms with Crippen molar-refractivity contribution >= 4 is 11.5 Å². The van der Waals surface area contributed by atoms with Crippen LogP contribution >= 0.6 is 0 Å². The number of hydrogen-bond donors (Lipinski definition) is 0. The zero-order valence-electron chi connectivity index (χ0n) is 19.7. The van der Waals surface area contributed by atoms with Crippen LogP contribution in [0.15, 0.2) is 103 Å². The Morgan fingerprint density at radius 1 is 0.727 bits per heavy atom. The predicted octanol–water partition coefficient (Wildman–Crippen LogP) is 7.40. The summed E-state index contributed by atoms with van der Waals surface area (Å²) in [5.41, 5.74) is 5.84. The van der Waals surface area contributed by atoms with E-state index in [-0.39, 0.29) is 17.4 Å². The minimum absolute atomic E-state index is 0. The van der Waals surface area contributed by atoms with Gasteiger partial charge in [0.25, 0.3) is 0 Å². The molecule has 0 saturated carbocycles. The standard InChI is InChI=1S/C12H11N2.C9H12N.C8H9.Cr/c1-2-6-11(7-3-1)10-14-12-8-4-5-9-13-12;1-8-6-4-5-7-9(8)10(2)3;1-7-5-3-4-6-8(7)2;/h1-9H,10H2;4-7H,1H2,2-3H3;3-6H,1H2,2H3;/q3*-1;+2. The van der Waals surface area contributed by atoms with Gasteiger partial charge in [0.15, 0.2) is 0 Å². The van der Waals surface area contributed by atoms with E-state index >= 15 is 0 Å². The molecule has 4 aromatic rings. The van der Waals surface area contributed by atoms with Gasteiger partial charge in [0.05, 0.1) is 0 Å². The molecule has 0 unspecified atom stereocenters. The Labute approximate surface area is 210 Å². The van der Waals surface area contributed by atoms with E-state index in [9.17, 15) is 0 Å². The number of nitrogens with zero attached hydrogens (tertiary/aromatic N) is 3. The Bertz CT molecular complexity index is 974. The van der Waals surface area contributed by atoms with Gasteiger partial charge >= 0.3 is 17.4 Å². The van der Waals surface area contributed by atoms with Gasteiger partial charge in [0.2, 0.25) is 0 Å². The summed E-state index contributed by atoms with van der Waals surface area (Å²) in [4.78, 5) is 6.19. The maximum Gasteiger partial charge on any atom is 2.00 e. The largest absolute Gasteiger partial charge is 2.00 e. The van der Waals surface area contributed by atoms with Crippen LogP contribution in [0, 0.1) is 20.8 Å². The summed E-state index contributed by atoms with van der Waals surface area (Å²) in [7, 11) is 4.04. The summed E-state index contributed by atoms with van der Waals surface area (Å²) < 4.78 is 0. The van der Waals surface area contributed by atoms with Gasteiger partial charge in [-0.2, -0.15) is 42.7 Å². The molecular weight excluding hydrogens is 442 g/mol. The molecule has 0 aliphatic heterocycles. The van der Waals surface area contributed by atoms with E-state index in [1.807, 2.05) is 86.9 Å². The van der Waals surface area contributed by atoms with Gasteiger partial charge in [-0.1, -0.05) is 91.4 Å². The minimum atomic E-state index is 0. The topological polar surface area (TPSA) is 30.2 Å². The number of rotatable bonds is 4. The van der Waals surface area contributed by atoms with Crippen LogP contribution in [0.2, 0.25) is 0 Å². The second-order valence-electron chi connectivity index (χ2n) is 7.44. The molecule has 0 saturated heterocycles. The molecule has 0 radical (unpaired) electrons. The fourth-order valence-electron chi connectivity index (χ4n) is 2.76. The molecule has 0 aliphatic carbocycles. The number of para-hydroxylation sites is 1. The maximum absolute atomic E-state index is 4.37. The van der Waals surface area contributed by atoms with Gasteiger partial charge in [0, 0.05) is 0 Å². The summed E-state index contributed by atoms with van der Waals surface area (Å²) in [6, 6.07) is 32.1. The zero-order chi connectivity index (χ0) is 23.2. The van der Waals surface area contributed by atoms with E-state index in [0.29, 0.717) is 6.54 Å². The number of anilines is 1. The smallest absolute Gasteiger partial charge is 0.461 e. The second kappa shape index (κ2) is 15.5. The molecule has 4 rings (SSSR count). The fourth-order valence-corrected chi connectivity index (χ4v) is 2.76. The third-order valence-corrected chi connectivity index (χ3v) is 4.65. The van der Waals surface area contributed by atoms with Crippen LogP contribution in [0.25, 0.3) is 5.32 Å². The van der Waals surface area contributed by atoms with Crippen LogP contribution in [0.5, 0.6) is 0 Å². The summed E-state index contributed by atoms with van der Waals surface area (Å²) in [5.74, 6) is 0.788. The maximum atomic E-state index is 4.37. The van der Waals surface area contributed by atoms with E-state index in [4.69, 9.17) is 0 Å². The quantitative estimate of drug-likeness (QED) is 0.289. The first-order valence-corrected chi connectivity index (χ1v) is 10.6. The van der Waals surface area contributed by atoms with Crippen molar-refractivity contribution in [2.45, 2.75) is 13.5 Å². The first-order chi connectivity index (χ1) is 15.5. The molecule has 0 bridgehead atoms. The summed E-state index contributed by atoms with van der Waals surface area (Å²) in [5, 5.41) is 4.37. The van der Waals surface area contributed by atoms with Gasteiger partial charge in [-0.3, -0.25) is 0 Å². The third kappa shape index (κ3) is 10.7. The van der Waals surface area contributed by atoms with Crippen LogP contribution in [-0.4, -0.2) is 19.1 Å². The Balaban J connectivity index is 0.000000255. The Kier molecular flexibility index (Phi) is 13.0. The molecule has 0 aliphatic rings. The Morgan fingerprint density at radius 3 is 1.79 bits per heavy atom. The normalized spacial score (nSPS) is 9.18. The first-order valence-electron chi connectivity index (χ1n) is 10.6. The molecule has 170 valence electrons. The average molecular weight is 475 g/mol. The molecule has 1 heterocycles. The van der Waals surface area contributed by atoms with Crippen molar-refractivity contribution in [2.75, 3.05) is 19.0 Å². The van der Waals surface area contributed by atoms with Crippen LogP contribution in [0.4, 0.5) is 11.5 Å². The molecule has 0 N–H and O–H groups in total. The second-order valence-corrected chi connectivity index (χ2v) is 7.44. The van der Waals surface area contributed by atoms with Crippen molar-refractivity contribution in [1.29, 1.82) is 0 Å². The Morgan fingerprint density at radius 2 is 1.30 bits per heavy atom. The molecule has 0 atom stereocenters. The zero-order valence-corrected chi connectivity index (χ0v) is 21.0. The number of benzene rings is 3. The van der Waals surface area contributed by atoms with E-state index in [1.165, 1.54) is 16.8 Å². The van der Waals surface area contributed by atoms with Gasteiger partial charge in [-0.25, -0.2) is 0 Å². The molecule has 33 heavy (non-hydrogen) atoms. The molecule has 0 spiro atoms. The average Bonchev–Trinajstić information content (AvgIpc) is 2.82. The van der Waals surface area contributed by atoms with Crippen molar-refractivity contribution in [2.24, 2.45) is 0 Å². The van der Waals surface area contributed by atoms with Crippen LogP contribution in [0.3, 0.4) is 0 Å².